The van der Waals surface area contributed by atoms with Crippen molar-refractivity contribution < 1.29 is 4.79 Å². The average Bonchev–Trinajstić information content (AvgIpc) is 2.56. The van der Waals surface area contributed by atoms with Gasteiger partial charge in [-0.05, 0) is 41.5 Å². The highest BCUT2D eigenvalue weighted by Gasteiger charge is 2.67. The molecule has 0 radical (unpaired) electrons. The standard InChI is InChI=1S/C15H21NO/c1-9-8-10(16)6-7-11(9)12(17)13-14(2,3)15(13,4)5/h6-8,13H,16H2,1-5H3. The first-order valence-corrected chi connectivity index (χ1v) is 6.10. The molecule has 1 aliphatic carbocycles. The summed E-state index contributed by atoms with van der Waals surface area (Å²) in [5.74, 6) is 0.384. The zero-order chi connectivity index (χ0) is 13.0. The highest BCUT2D eigenvalue weighted by Crippen LogP contribution is 2.69. The molecule has 2 N–H and O–H groups in total. The second kappa shape index (κ2) is 3.34. The summed E-state index contributed by atoms with van der Waals surface area (Å²) < 4.78 is 0. The second-order valence-electron chi connectivity index (χ2n) is 6.31. The Morgan fingerprint density at radius 2 is 1.71 bits per heavy atom. The minimum Gasteiger partial charge on any atom is -0.399 e. The maximum atomic E-state index is 12.5. The fourth-order valence-corrected chi connectivity index (χ4v) is 2.97. The number of hydrogen-bond acceptors (Lipinski definition) is 2. The molecule has 0 amide bonds. The predicted octanol–water partition coefficient (Wildman–Crippen LogP) is 3.44. The van der Waals surface area contributed by atoms with Gasteiger partial charge in [0.05, 0.1) is 0 Å². The average molecular weight is 231 g/mol. The molecule has 2 nitrogen and oxygen atoms in total. The van der Waals surface area contributed by atoms with Gasteiger partial charge >= 0.3 is 0 Å². The zero-order valence-electron chi connectivity index (χ0n) is 11.3. The number of anilines is 1. The summed E-state index contributed by atoms with van der Waals surface area (Å²) in [7, 11) is 0. The molecule has 1 saturated carbocycles. The van der Waals surface area contributed by atoms with E-state index in [2.05, 4.69) is 27.7 Å². The molecule has 17 heavy (non-hydrogen) atoms. The molecule has 0 saturated heterocycles. The lowest BCUT2D eigenvalue weighted by Gasteiger charge is -2.07. The van der Waals surface area contributed by atoms with Crippen LogP contribution in [0.2, 0.25) is 0 Å². The van der Waals surface area contributed by atoms with Crippen molar-refractivity contribution in [3.63, 3.8) is 0 Å². The van der Waals surface area contributed by atoms with Crippen molar-refractivity contribution in [3.05, 3.63) is 29.3 Å². The summed E-state index contributed by atoms with van der Waals surface area (Å²) in [6, 6.07) is 5.54. The Labute approximate surface area is 103 Å². The van der Waals surface area contributed by atoms with Gasteiger partial charge in [0, 0.05) is 17.2 Å². The first-order valence-electron chi connectivity index (χ1n) is 6.10. The number of nitrogen functional groups attached to an aromatic ring is 1. The predicted molar refractivity (Wildman–Crippen MR) is 71.0 cm³/mol. The van der Waals surface area contributed by atoms with Gasteiger partial charge in [-0.25, -0.2) is 0 Å². The maximum absolute atomic E-state index is 12.5. The number of benzene rings is 1. The normalized spacial score (nSPS) is 21.2. The third kappa shape index (κ3) is 1.58. The van der Waals surface area contributed by atoms with Crippen LogP contribution in [0.5, 0.6) is 0 Å². The summed E-state index contributed by atoms with van der Waals surface area (Å²) in [4.78, 5) is 12.5. The molecular weight excluding hydrogens is 210 g/mol. The Hall–Kier alpha value is -1.31. The van der Waals surface area contributed by atoms with Crippen molar-refractivity contribution >= 4 is 11.5 Å². The molecule has 2 heteroatoms. The van der Waals surface area contributed by atoms with Gasteiger partial charge in [-0.15, -0.1) is 0 Å². The van der Waals surface area contributed by atoms with E-state index in [0.29, 0.717) is 5.69 Å². The quantitative estimate of drug-likeness (QED) is 0.626. The van der Waals surface area contributed by atoms with Crippen molar-refractivity contribution in [2.75, 3.05) is 5.73 Å². The molecular formula is C15H21NO. The van der Waals surface area contributed by atoms with Crippen LogP contribution >= 0.6 is 0 Å². The van der Waals surface area contributed by atoms with Gasteiger partial charge in [0.2, 0.25) is 0 Å². The van der Waals surface area contributed by atoms with Crippen LogP contribution in [-0.4, -0.2) is 5.78 Å². The van der Waals surface area contributed by atoms with Gasteiger partial charge < -0.3 is 5.73 Å². The van der Waals surface area contributed by atoms with Crippen LogP contribution in [0.1, 0.15) is 43.6 Å². The maximum Gasteiger partial charge on any atom is 0.167 e. The third-order valence-corrected chi connectivity index (χ3v) is 4.80. The first kappa shape index (κ1) is 12.2. The lowest BCUT2D eigenvalue weighted by molar-refractivity contribution is 0.0944. The summed E-state index contributed by atoms with van der Waals surface area (Å²) in [5.41, 5.74) is 8.42. The van der Waals surface area contributed by atoms with Crippen molar-refractivity contribution in [2.24, 2.45) is 16.7 Å². The van der Waals surface area contributed by atoms with Crippen LogP contribution in [0, 0.1) is 23.7 Å². The highest BCUT2D eigenvalue weighted by atomic mass is 16.1. The fourth-order valence-electron chi connectivity index (χ4n) is 2.97. The molecule has 2 rings (SSSR count). The van der Waals surface area contributed by atoms with Gasteiger partial charge in [0.25, 0.3) is 0 Å². The molecule has 1 aromatic carbocycles. The first-order chi connectivity index (χ1) is 7.69. The van der Waals surface area contributed by atoms with Gasteiger partial charge in [-0.2, -0.15) is 0 Å². The molecule has 0 aliphatic heterocycles. The van der Waals surface area contributed by atoms with E-state index in [4.69, 9.17) is 5.73 Å². The fraction of sp³-hybridized carbons (Fsp3) is 0.533. The smallest absolute Gasteiger partial charge is 0.167 e. The number of rotatable bonds is 2. The Balaban J connectivity index is 2.35. The van der Waals surface area contributed by atoms with Crippen LogP contribution in [0.15, 0.2) is 18.2 Å². The highest BCUT2D eigenvalue weighted by molar-refractivity contribution is 6.02. The Bertz CT molecular complexity index is 472. The van der Waals surface area contributed by atoms with E-state index in [0.717, 1.165) is 11.1 Å². The van der Waals surface area contributed by atoms with E-state index in [1.807, 2.05) is 25.1 Å². The number of Topliss-reactive ketones (excluding diaryl/α,β-unsaturated/α-hetero) is 1. The van der Waals surface area contributed by atoms with Crippen molar-refractivity contribution in [1.82, 2.24) is 0 Å². The minimum atomic E-state index is 0.0951. The molecule has 0 unspecified atom stereocenters. The Kier molecular flexibility index (Phi) is 2.39. The van der Waals surface area contributed by atoms with Crippen LogP contribution in [-0.2, 0) is 0 Å². The second-order valence-corrected chi connectivity index (χ2v) is 6.31. The lowest BCUT2D eigenvalue weighted by Crippen LogP contribution is -2.09. The van der Waals surface area contributed by atoms with E-state index in [-0.39, 0.29) is 22.5 Å². The molecule has 1 aliphatic rings. The number of ketones is 1. The van der Waals surface area contributed by atoms with Crippen LogP contribution < -0.4 is 5.73 Å². The van der Waals surface area contributed by atoms with Crippen molar-refractivity contribution in [2.45, 2.75) is 34.6 Å². The Morgan fingerprint density at radius 3 is 2.12 bits per heavy atom. The van der Waals surface area contributed by atoms with Gasteiger partial charge in [0.1, 0.15) is 0 Å². The van der Waals surface area contributed by atoms with E-state index in [9.17, 15) is 4.79 Å². The topological polar surface area (TPSA) is 43.1 Å². The molecule has 92 valence electrons. The van der Waals surface area contributed by atoms with Crippen LogP contribution in [0.4, 0.5) is 5.69 Å². The van der Waals surface area contributed by atoms with Crippen molar-refractivity contribution in [3.8, 4) is 0 Å². The summed E-state index contributed by atoms with van der Waals surface area (Å²) in [5, 5.41) is 0. The van der Waals surface area contributed by atoms with Gasteiger partial charge in [-0.3, -0.25) is 4.79 Å². The molecule has 0 heterocycles. The van der Waals surface area contributed by atoms with Gasteiger partial charge in [-0.1, -0.05) is 27.7 Å². The third-order valence-electron chi connectivity index (χ3n) is 4.80. The Morgan fingerprint density at radius 1 is 1.18 bits per heavy atom. The SMILES string of the molecule is Cc1cc(N)ccc1C(=O)C1C(C)(C)C1(C)C. The molecule has 0 aromatic heterocycles. The number of aryl methyl sites for hydroxylation is 1. The molecule has 1 fully saturated rings. The molecule has 0 spiro atoms. The van der Waals surface area contributed by atoms with Crippen molar-refractivity contribution in [1.29, 1.82) is 0 Å². The molecule has 0 bridgehead atoms. The minimum absolute atomic E-state index is 0.0951. The number of hydrogen-bond donors (Lipinski definition) is 1. The van der Waals surface area contributed by atoms with Crippen LogP contribution in [0.3, 0.4) is 0 Å². The summed E-state index contributed by atoms with van der Waals surface area (Å²) >= 11 is 0. The van der Waals surface area contributed by atoms with E-state index in [1.54, 1.807) is 0 Å². The molecule has 0 atom stereocenters. The van der Waals surface area contributed by atoms with E-state index < -0.39 is 0 Å². The summed E-state index contributed by atoms with van der Waals surface area (Å²) in [6.45, 7) is 10.6. The van der Waals surface area contributed by atoms with E-state index >= 15 is 0 Å². The van der Waals surface area contributed by atoms with Crippen LogP contribution in [0.25, 0.3) is 0 Å². The number of nitrogens with two attached hydrogens (primary N) is 1. The lowest BCUT2D eigenvalue weighted by atomic mass is 9.97. The summed E-state index contributed by atoms with van der Waals surface area (Å²) in [6.07, 6.45) is 0. The largest absolute Gasteiger partial charge is 0.399 e. The zero-order valence-corrected chi connectivity index (χ0v) is 11.3. The monoisotopic (exact) mass is 231 g/mol. The van der Waals surface area contributed by atoms with Gasteiger partial charge in [0.15, 0.2) is 5.78 Å². The number of carbonyl (C=O) groups excluding carboxylic acids is 1. The van der Waals surface area contributed by atoms with E-state index in [1.165, 1.54) is 0 Å². The number of carbonyl (C=O) groups is 1. The molecule has 1 aromatic rings.